The van der Waals surface area contributed by atoms with Crippen molar-refractivity contribution in [2.75, 3.05) is 11.9 Å². The summed E-state index contributed by atoms with van der Waals surface area (Å²) in [5, 5.41) is 5.82. The summed E-state index contributed by atoms with van der Waals surface area (Å²) < 4.78 is 5.18. The zero-order chi connectivity index (χ0) is 17.5. The monoisotopic (exact) mass is 337 g/mol. The Kier molecular flexibility index (Phi) is 5.36. The Morgan fingerprint density at radius 3 is 2.84 bits per heavy atom. The third-order valence-corrected chi connectivity index (χ3v) is 3.51. The van der Waals surface area contributed by atoms with Crippen LogP contribution in [0.2, 0.25) is 0 Å². The Morgan fingerprint density at radius 1 is 1.20 bits per heavy atom. The van der Waals surface area contributed by atoms with Crippen LogP contribution >= 0.6 is 0 Å². The number of carbonyl (C=O) groups excluding carboxylic acids is 1. The molecule has 0 fully saturated rings. The van der Waals surface area contributed by atoms with Crippen LogP contribution in [-0.2, 0) is 17.8 Å². The summed E-state index contributed by atoms with van der Waals surface area (Å²) in [6.07, 6.45) is 4.04. The van der Waals surface area contributed by atoms with Crippen molar-refractivity contribution < 1.29 is 9.21 Å². The predicted octanol–water partition coefficient (Wildman–Crippen LogP) is 2.42. The van der Waals surface area contributed by atoms with E-state index in [1.54, 1.807) is 18.5 Å². The molecular weight excluding hydrogens is 318 g/mol. The van der Waals surface area contributed by atoms with E-state index >= 15 is 0 Å². The highest BCUT2D eigenvalue weighted by Gasteiger charge is 2.08. The number of anilines is 1. The molecule has 0 saturated carbocycles. The molecule has 0 saturated heterocycles. The molecule has 0 aliphatic carbocycles. The molecule has 3 rings (SSSR count). The second-order valence-corrected chi connectivity index (χ2v) is 5.35. The molecule has 0 aliphatic rings. The highest BCUT2D eigenvalue weighted by atomic mass is 16.3. The van der Waals surface area contributed by atoms with Gasteiger partial charge in [-0.25, -0.2) is 9.97 Å². The van der Waals surface area contributed by atoms with Crippen LogP contribution in [0.25, 0.3) is 11.5 Å². The summed E-state index contributed by atoms with van der Waals surface area (Å²) in [6, 6.07) is 11.0. The van der Waals surface area contributed by atoms with Gasteiger partial charge in [0, 0.05) is 18.0 Å². The van der Waals surface area contributed by atoms with E-state index in [4.69, 9.17) is 4.42 Å². The van der Waals surface area contributed by atoms with E-state index < -0.39 is 0 Å². The number of aromatic nitrogens is 3. The highest BCUT2D eigenvalue weighted by Crippen LogP contribution is 2.15. The average molecular weight is 337 g/mol. The number of nitrogens with one attached hydrogen (secondary N) is 2. The van der Waals surface area contributed by atoms with E-state index in [-0.39, 0.29) is 12.5 Å². The standard InChI is InChI=1S/C18H19N5O2/c1-2-13-10-16(23-18(22-13)15-7-3-4-8-19-15)20-12-17(24)21-11-14-6-5-9-25-14/h3-10H,2,11-12H2,1H3,(H,21,24)(H,20,22,23). The minimum Gasteiger partial charge on any atom is -0.467 e. The summed E-state index contributed by atoms with van der Waals surface area (Å²) in [6.45, 7) is 2.49. The van der Waals surface area contributed by atoms with Gasteiger partial charge >= 0.3 is 0 Å². The maximum atomic E-state index is 11.9. The van der Waals surface area contributed by atoms with E-state index in [0.29, 0.717) is 29.6 Å². The van der Waals surface area contributed by atoms with Crippen molar-refractivity contribution in [1.82, 2.24) is 20.3 Å². The van der Waals surface area contributed by atoms with E-state index in [2.05, 4.69) is 25.6 Å². The molecule has 3 heterocycles. The zero-order valence-corrected chi connectivity index (χ0v) is 13.9. The van der Waals surface area contributed by atoms with Gasteiger partial charge in [-0.3, -0.25) is 9.78 Å². The number of carbonyl (C=O) groups is 1. The van der Waals surface area contributed by atoms with E-state index in [1.807, 2.05) is 37.3 Å². The average Bonchev–Trinajstić information content (AvgIpc) is 3.19. The number of pyridine rings is 1. The first-order valence-corrected chi connectivity index (χ1v) is 8.07. The van der Waals surface area contributed by atoms with Crippen molar-refractivity contribution in [3.05, 3.63) is 60.3 Å². The van der Waals surface area contributed by atoms with Crippen LogP contribution in [0, 0.1) is 0 Å². The fourth-order valence-corrected chi connectivity index (χ4v) is 2.21. The van der Waals surface area contributed by atoms with E-state index in [9.17, 15) is 4.79 Å². The topological polar surface area (TPSA) is 92.9 Å². The minimum atomic E-state index is -0.146. The van der Waals surface area contributed by atoms with Crippen LogP contribution in [0.4, 0.5) is 5.82 Å². The Balaban J connectivity index is 1.64. The number of hydrogen-bond acceptors (Lipinski definition) is 6. The fraction of sp³-hybridized carbons (Fsp3) is 0.222. The van der Waals surface area contributed by atoms with Gasteiger partial charge < -0.3 is 15.1 Å². The van der Waals surface area contributed by atoms with E-state index in [1.165, 1.54) is 0 Å². The largest absolute Gasteiger partial charge is 0.467 e. The van der Waals surface area contributed by atoms with Crippen LogP contribution in [0.1, 0.15) is 18.4 Å². The molecule has 0 spiro atoms. The lowest BCUT2D eigenvalue weighted by Crippen LogP contribution is -2.29. The molecule has 0 bridgehead atoms. The molecule has 0 aromatic carbocycles. The first-order chi connectivity index (χ1) is 12.2. The van der Waals surface area contributed by atoms with Crippen molar-refractivity contribution >= 4 is 11.7 Å². The maximum Gasteiger partial charge on any atom is 0.239 e. The maximum absolute atomic E-state index is 11.9. The summed E-state index contributed by atoms with van der Waals surface area (Å²) in [7, 11) is 0. The number of furan rings is 1. The molecule has 0 radical (unpaired) electrons. The Bertz CT molecular complexity index is 819. The normalized spacial score (nSPS) is 10.4. The predicted molar refractivity (Wildman–Crippen MR) is 93.7 cm³/mol. The summed E-state index contributed by atoms with van der Waals surface area (Å²) >= 11 is 0. The summed E-state index contributed by atoms with van der Waals surface area (Å²) in [5.74, 6) is 1.70. The molecular formula is C18H19N5O2. The van der Waals surface area contributed by atoms with Gasteiger partial charge in [0.2, 0.25) is 5.91 Å². The summed E-state index contributed by atoms with van der Waals surface area (Å²) in [5.41, 5.74) is 1.58. The van der Waals surface area contributed by atoms with Gasteiger partial charge in [-0.2, -0.15) is 0 Å². The SMILES string of the molecule is CCc1cc(NCC(=O)NCc2ccco2)nc(-c2ccccn2)n1. The summed E-state index contributed by atoms with van der Waals surface area (Å²) in [4.78, 5) is 25.2. The molecule has 2 N–H and O–H groups in total. The van der Waals surface area contributed by atoms with Crippen molar-refractivity contribution in [3.8, 4) is 11.5 Å². The van der Waals surface area contributed by atoms with Crippen molar-refractivity contribution in [2.45, 2.75) is 19.9 Å². The number of aryl methyl sites for hydroxylation is 1. The molecule has 25 heavy (non-hydrogen) atoms. The van der Waals surface area contributed by atoms with Crippen molar-refractivity contribution in [1.29, 1.82) is 0 Å². The zero-order valence-electron chi connectivity index (χ0n) is 13.9. The number of nitrogens with zero attached hydrogens (tertiary/aromatic N) is 3. The molecule has 3 aromatic heterocycles. The van der Waals surface area contributed by atoms with Gasteiger partial charge in [0.25, 0.3) is 0 Å². The molecule has 7 nitrogen and oxygen atoms in total. The van der Waals surface area contributed by atoms with Gasteiger partial charge in [0.05, 0.1) is 19.4 Å². The lowest BCUT2D eigenvalue weighted by atomic mass is 10.3. The van der Waals surface area contributed by atoms with Crippen molar-refractivity contribution in [3.63, 3.8) is 0 Å². The molecule has 1 amide bonds. The van der Waals surface area contributed by atoms with Gasteiger partial charge in [0.15, 0.2) is 5.82 Å². The molecule has 7 heteroatoms. The fourth-order valence-electron chi connectivity index (χ4n) is 2.21. The molecule has 3 aromatic rings. The van der Waals surface area contributed by atoms with Crippen molar-refractivity contribution in [2.24, 2.45) is 0 Å². The third kappa shape index (κ3) is 4.63. The minimum absolute atomic E-state index is 0.114. The Morgan fingerprint density at radius 2 is 2.12 bits per heavy atom. The smallest absolute Gasteiger partial charge is 0.239 e. The van der Waals surface area contributed by atoms with Crippen LogP contribution in [0.5, 0.6) is 0 Å². The van der Waals surface area contributed by atoms with Gasteiger partial charge in [-0.15, -0.1) is 0 Å². The van der Waals surface area contributed by atoms with Crippen LogP contribution in [-0.4, -0.2) is 27.4 Å². The Hall–Kier alpha value is -3.22. The number of amides is 1. The quantitative estimate of drug-likeness (QED) is 0.688. The van der Waals surface area contributed by atoms with Crippen LogP contribution < -0.4 is 10.6 Å². The molecule has 0 aliphatic heterocycles. The lowest BCUT2D eigenvalue weighted by molar-refractivity contribution is -0.119. The molecule has 0 unspecified atom stereocenters. The van der Waals surface area contributed by atoms with Crippen LogP contribution in [0.15, 0.2) is 53.3 Å². The Labute approximate surface area is 145 Å². The van der Waals surface area contributed by atoms with Crippen LogP contribution in [0.3, 0.4) is 0 Å². The first-order valence-electron chi connectivity index (χ1n) is 8.07. The molecule has 128 valence electrons. The second kappa shape index (κ2) is 8.05. The number of hydrogen-bond donors (Lipinski definition) is 2. The molecule has 0 atom stereocenters. The number of rotatable bonds is 7. The van der Waals surface area contributed by atoms with Gasteiger partial charge in [-0.1, -0.05) is 13.0 Å². The van der Waals surface area contributed by atoms with Gasteiger partial charge in [0.1, 0.15) is 17.3 Å². The third-order valence-electron chi connectivity index (χ3n) is 3.51. The second-order valence-electron chi connectivity index (χ2n) is 5.35. The highest BCUT2D eigenvalue weighted by molar-refractivity contribution is 5.80. The van der Waals surface area contributed by atoms with E-state index in [0.717, 1.165) is 12.1 Å². The lowest BCUT2D eigenvalue weighted by Gasteiger charge is -2.09. The van der Waals surface area contributed by atoms with Gasteiger partial charge in [-0.05, 0) is 30.7 Å². The first kappa shape index (κ1) is 16.6.